The van der Waals surface area contributed by atoms with Gasteiger partial charge in [0.25, 0.3) is 0 Å². The third-order valence-corrected chi connectivity index (χ3v) is 5.26. The highest BCUT2D eigenvalue weighted by atomic mass is 16.5. The van der Waals surface area contributed by atoms with Crippen molar-refractivity contribution < 1.29 is 24.1 Å². The van der Waals surface area contributed by atoms with Crippen molar-refractivity contribution >= 4 is 22.8 Å². The molecule has 0 saturated carbocycles. The van der Waals surface area contributed by atoms with E-state index in [4.69, 9.17) is 19.3 Å². The fourth-order valence-corrected chi connectivity index (χ4v) is 3.53. The molecule has 1 N–H and O–H groups in total. The molecule has 0 aromatic heterocycles. The molecule has 0 aliphatic rings. The summed E-state index contributed by atoms with van der Waals surface area (Å²) < 4.78 is 17.0. The highest BCUT2D eigenvalue weighted by Gasteiger charge is 2.11. The van der Waals surface area contributed by atoms with E-state index in [1.54, 1.807) is 26.4 Å². The van der Waals surface area contributed by atoms with E-state index in [-0.39, 0.29) is 6.42 Å². The van der Waals surface area contributed by atoms with Crippen molar-refractivity contribution in [1.82, 2.24) is 0 Å². The first kappa shape index (κ1) is 22.0. The van der Waals surface area contributed by atoms with Crippen LogP contribution in [0.4, 0.5) is 0 Å². The number of rotatable bonds is 8. The lowest BCUT2D eigenvalue weighted by Crippen LogP contribution is -1.91. The highest BCUT2D eigenvalue weighted by Crippen LogP contribution is 2.38. The Morgan fingerprint density at radius 2 is 1.45 bits per heavy atom. The van der Waals surface area contributed by atoms with Gasteiger partial charge in [0.05, 0.1) is 20.6 Å². The lowest BCUT2D eigenvalue weighted by atomic mass is 9.99. The Morgan fingerprint density at radius 3 is 2.12 bits per heavy atom. The molecule has 0 spiro atoms. The highest BCUT2D eigenvalue weighted by molar-refractivity contribution is 5.91. The Labute approximate surface area is 192 Å². The van der Waals surface area contributed by atoms with Crippen LogP contribution in [0.15, 0.2) is 84.9 Å². The first-order chi connectivity index (χ1) is 16.1. The number of carbonyl (C=O) groups is 1. The van der Waals surface area contributed by atoms with Gasteiger partial charge in [0.15, 0.2) is 0 Å². The lowest BCUT2D eigenvalue weighted by Gasteiger charge is -2.14. The zero-order valence-corrected chi connectivity index (χ0v) is 18.4. The summed E-state index contributed by atoms with van der Waals surface area (Å²) in [6.45, 7) is 0. The predicted molar refractivity (Wildman–Crippen MR) is 130 cm³/mol. The molecule has 0 bridgehead atoms. The summed E-state index contributed by atoms with van der Waals surface area (Å²) in [6.07, 6.45) is 3.39. The van der Waals surface area contributed by atoms with E-state index >= 15 is 0 Å². The van der Waals surface area contributed by atoms with Gasteiger partial charge in [-0.3, -0.25) is 4.79 Å². The van der Waals surface area contributed by atoms with Crippen molar-refractivity contribution in [3.8, 4) is 34.1 Å². The van der Waals surface area contributed by atoms with Crippen LogP contribution in [-0.2, 0) is 4.79 Å². The molecule has 0 atom stereocenters. The molecule has 5 nitrogen and oxygen atoms in total. The van der Waals surface area contributed by atoms with Crippen LogP contribution in [0.1, 0.15) is 12.0 Å². The van der Waals surface area contributed by atoms with Crippen LogP contribution in [0.5, 0.6) is 23.0 Å². The van der Waals surface area contributed by atoms with Gasteiger partial charge in [-0.25, -0.2) is 0 Å². The number of hydrogen-bond acceptors (Lipinski definition) is 4. The molecular formula is C28H24O5. The molecule has 0 fully saturated rings. The number of fused-ring (bicyclic) bond motifs is 1. The summed E-state index contributed by atoms with van der Waals surface area (Å²) >= 11 is 0. The monoisotopic (exact) mass is 440 g/mol. The molecule has 5 heteroatoms. The summed E-state index contributed by atoms with van der Waals surface area (Å²) in [4.78, 5) is 10.7. The van der Waals surface area contributed by atoms with Crippen molar-refractivity contribution in [2.75, 3.05) is 14.2 Å². The average molecular weight is 440 g/mol. The van der Waals surface area contributed by atoms with E-state index in [9.17, 15) is 4.79 Å². The molecule has 0 saturated heterocycles. The Kier molecular flexibility index (Phi) is 6.60. The zero-order chi connectivity index (χ0) is 23.2. The summed E-state index contributed by atoms with van der Waals surface area (Å²) in [5.41, 5.74) is 2.87. The van der Waals surface area contributed by atoms with Crippen LogP contribution < -0.4 is 14.2 Å². The Hall–Kier alpha value is -4.25. The molecule has 33 heavy (non-hydrogen) atoms. The van der Waals surface area contributed by atoms with E-state index < -0.39 is 5.97 Å². The number of hydrogen-bond donors (Lipinski definition) is 1. The number of aliphatic carboxylic acids is 1. The van der Waals surface area contributed by atoms with Crippen LogP contribution in [0.3, 0.4) is 0 Å². The third kappa shape index (κ3) is 5.33. The number of carboxylic acid groups (broad SMARTS) is 1. The second kappa shape index (κ2) is 9.92. The van der Waals surface area contributed by atoms with E-state index in [2.05, 4.69) is 6.07 Å². The average Bonchev–Trinajstić information content (AvgIpc) is 2.84. The largest absolute Gasteiger partial charge is 0.497 e. The molecule has 0 unspecified atom stereocenters. The fraction of sp³-hybridized carbons (Fsp3) is 0.107. The topological polar surface area (TPSA) is 65.0 Å². The smallest absolute Gasteiger partial charge is 0.307 e. The SMILES string of the molecule is COc1ccc(-c2cc3ccc(OC)cc3cc2Oc2ccc(/C=C/CC(=O)O)cc2)cc1. The van der Waals surface area contributed by atoms with Crippen LogP contribution in [0.25, 0.3) is 28.0 Å². The summed E-state index contributed by atoms with van der Waals surface area (Å²) in [7, 11) is 3.30. The number of methoxy groups -OCH3 is 2. The molecule has 0 radical (unpaired) electrons. The Bertz CT molecular complexity index is 1290. The van der Waals surface area contributed by atoms with Gasteiger partial charge in [-0.1, -0.05) is 42.5 Å². The van der Waals surface area contributed by atoms with E-state index in [1.165, 1.54) is 0 Å². The third-order valence-electron chi connectivity index (χ3n) is 5.26. The maximum absolute atomic E-state index is 10.7. The van der Waals surface area contributed by atoms with Crippen molar-refractivity contribution in [2.45, 2.75) is 6.42 Å². The Balaban J connectivity index is 1.70. The number of carboxylic acids is 1. The van der Waals surface area contributed by atoms with Crippen molar-refractivity contribution in [3.05, 3.63) is 90.5 Å². The molecular weight excluding hydrogens is 416 g/mol. The van der Waals surface area contributed by atoms with Crippen LogP contribution in [0.2, 0.25) is 0 Å². The second-order valence-corrected chi connectivity index (χ2v) is 7.46. The van der Waals surface area contributed by atoms with E-state index in [0.717, 1.165) is 44.7 Å². The van der Waals surface area contributed by atoms with Crippen LogP contribution >= 0.6 is 0 Å². The van der Waals surface area contributed by atoms with Gasteiger partial charge in [0, 0.05) is 5.56 Å². The van der Waals surface area contributed by atoms with Gasteiger partial charge >= 0.3 is 5.97 Å². The van der Waals surface area contributed by atoms with Crippen LogP contribution in [0, 0.1) is 0 Å². The maximum atomic E-state index is 10.7. The minimum Gasteiger partial charge on any atom is -0.497 e. The molecule has 4 rings (SSSR count). The maximum Gasteiger partial charge on any atom is 0.307 e. The van der Waals surface area contributed by atoms with Gasteiger partial charge in [-0.05, 0) is 70.4 Å². The van der Waals surface area contributed by atoms with Crippen molar-refractivity contribution in [3.63, 3.8) is 0 Å². The van der Waals surface area contributed by atoms with Crippen molar-refractivity contribution in [2.24, 2.45) is 0 Å². The van der Waals surface area contributed by atoms with Gasteiger partial charge in [0.1, 0.15) is 23.0 Å². The normalized spacial score (nSPS) is 11.0. The minimum absolute atomic E-state index is 0.00990. The summed E-state index contributed by atoms with van der Waals surface area (Å²) in [6, 6.07) is 25.5. The van der Waals surface area contributed by atoms with Crippen LogP contribution in [-0.4, -0.2) is 25.3 Å². The van der Waals surface area contributed by atoms with Gasteiger partial charge in [-0.2, -0.15) is 0 Å². The standard InChI is InChI=1S/C28H24O5/c1-31-23-13-8-20(9-14-23)26-17-21-10-15-25(32-2)16-22(21)18-27(26)33-24-11-6-19(7-12-24)4-3-5-28(29)30/h3-4,6-18H,5H2,1-2H3,(H,29,30)/b4-3+. The molecule has 0 amide bonds. The first-order valence-electron chi connectivity index (χ1n) is 10.5. The number of ether oxygens (including phenoxy) is 3. The lowest BCUT2D eigenvalue weighted by molar-refractivity contribution is -0.135. The molecule has 4 aromatic carbocycles. The molecule has 166 valence electrons. The van der Waals surface area contributed by atoms with Crippen molar-refractivity contribution in [1.29, 1.82) is 0 Å². The molecule has 4 aromatic rings. The first-order valence-corrected chi connectivity index (χ1v) is 10.5. The zero-order valence-electron chi connectivity index (χ0n) is 18.4. The fourth-order valence-electron chi connectivity index (χ4n) is 3.53. The minimum atomic E-state index is -0.856. The second-order valence-electron chi connectivity index (χ2n) is 7.46. The summed E-state index contributed by atoms with van der Waals surface area (Å²) in [5.74, 6) is 2.11. The molecule has 0 heterocycles. The van der Waals surface area contributed by atoms with Gasteiger partial charge < -0.3 is 19.3 Å². The quantitative estimate of drug-likeness (QED) is 0.326. The van der Waals surface area contributed by atoms with Gasteiger partial charge in [-0.15, -0.1) is 0 Å². The van der Waals surface area contributed by atoms with Gasteiger partial charge in [0.2, 0.25) is 0 Å². The molecule has 0 aliphatic carbocycles. The molecule has 0 aliphatic heterocycles. The van der Waals surface area contributed by atoms with E-state index in [0.29, 0.717) is 5.75 Å². The summed E-state index contributed by atoms with van der Waals surface area (Å²) in [5, 5.41) is 10.9. The number of benzene rings is 4. The Morgan fingerprint density at radius 1 is 0.788 bits per heavy atom. The van der Waals surface area contributed by atoms with E-state index in [1.807, 2.05) is 72.8 Å². The predicted octanol–water partition coefficient (Wildman–Crippen LogP) is 6.80.